The van der Waals surface area contributed by atoms with Gasteiger partial charge in [0.15, 0.2) is 0 Å². The number of hydrogen-bond acceptors (Lipinski definition) is 5. The minimum absolute atomic E-state index is 0.452. The van der Waals surface area contributed by atoms with Crippen molar-refractivity contribution in [2.45, 2.75) is 26.2 Å². The Labute approximate surface area is 118 Å². The van der Waals surface area contributed by atoms with Crippen LogP contribution in [0.1, 0.15) is 31.2 Å². The van der Waals surface area contributed by atoms with Crippen molar-refractivity contribution >= 4 is 22.2 Å². The van der Waals surface area contributed by atoms with Crippen LogP contribution in [0.4, 0.5) is 10.8 Å². The first-order valence-corrected chi connectivity index (χ1v) is 7.43. The van der Waals surface area contributed by atoms with Crippen molar-refractivity contribution in [2.24, 2.45) is 0 Å². The van der Waals surface area contributed by atoms with E-state index < -0.39 is 0 Å². The SMILES string of the molecule is CC(C)c1nnc(NCCCNc2ccccc2)s1. The molecule has 0 bridgehead atoms. The molecule has 4 nitrogen and oxygen atoms in total. The number of hydrogen-bond donors (Lipinski definition) is 2. The molecule has 2 rings (SSSR count). The average molecular weight is 276 g/mol. The highest BCUT2D eigenvalue weighted by Crippen LogP contribution is 2.22. The zero-order chi connectivity index (χ0) is 13.5. The van der Waals surface area contributed by atoms with E-state index in [0.29, 0.717) is 5.92 Å². The van der Waals surface area contributed by atoms with Crippen LogP contribution in [-0.2, 0) is 0 Å². The highest BCUT2D eigenvalue weighted by Gasteiger charge is 2.06. The standard InChI is InChI=1S/C14H20N4S/c1-11(2)13-17-18-14(19-13)16-10-6-9-15-12-7-4-3-5-8-12/h3-5,7-8,11,15H,6,9-10H2,1-2H3,(H,16,18). The second-order valence-corrected chi connectivity index (χ2v) is 5.68. The molecule has 1 aromatic heterocycles. The maximum Gasteiger partial charge on any atom is 0.205 e. The van der Waals surface area contributed by atoms with E-state index in [1.165, 1.54) is 5.69 Å². The van der Waals surface area contributed by atoms with Gasteiger partial charge in [-0.15, -0.1) is 10.2 Å². The quantitative estimate of drug-likeness (QED) is 0.759. The molecule has 0 saturated carbocycles. The van der Waals surface area contributed by atoms with Crippen molar-refractivity contribution < 1.29 is 0 Å². The van der Waals surface area contributed by atoms with Crippen LogP contribution in [0.5, 0.6) is 0 Å². The smallest absolute Gasteiger partial charge is 0.205 e. The molecule has 2 aromatic rings. The number of nitrogens with zero attached hydrogens (tertiary/aromatic N) is 2. The first kappa shape index (κ1) is 13.8. The molecule has 19 heavy (non-hydrogen) atoms. The van der Waals surface area contributed by atoms with Crippen molar-refractivity contribution in [3.63, 3.8) is 0 Å². The third kappa shape index (κ3) is 4.52. The summed E-state index contributed by atoms with van der Waals surface area (Å²) in [5.41, 5.74) is 1.17. The topological polar surface area (TPSA) is 49.8 Å². The lowest BCUT2D eigenvalue weighted by Gasteiger charge is -2.06. The van der Waals surface area contributed by atoms with E-state index in [-0.39, 0.29) is 0 Å². The largest absolute Gasteiger partial charge is 0.385 e. The number of para-hydroxylation sites is 1. The fourth-order valence-corrected chi connectivity index (χ4v) is 2.38. The maximum atomic E-state index is 4.15. The fraction of sp³-hybridized carbons (Fsp3) is 0.429. The molecule has 1 aromatic carbocycles. The lowest BCUT2D eigenvalue weighted by Crippen LogP contribution is -2.08. The third-order valence-electron chi connectivity index (χ3n) is 2.67. The Morgan fingerprint density at radius 3 is 2.47 bits per heavy atom. The zero-order valence-corrected chi connectivity index (χ0v) is 12.2. The van der Waals surface area contributed by atoms with E-state index in [2.05, 4.69) is 46.8 Å². The predicted octanol–water partition coefficient (Wildman–Crippen LogP) is 3.58. The number of benzene rings is 1. The van der Waals surface area contributed by atoms with Crippen LogP contribution in [0.25, 0.3) is 0 Å². The van der Waals surface area contributed by atoms with Gasteiger partial charge in [0, 0.05) is 24.7 Å². The molecule has 0 atom stereocenters. The summed E-state index contributed by atoms with van der Waals surface area (Å²) in [6.45, 7) is 6.13. The van der Waals surface area contributed by atoms with Crippen molar-refractivity contribution in [3.05, 3.63) is 35.3 Å². The van der Waals surface area contributed by atoms with Crippen LogP contribution in [0.15, 0.2) is 30.3 Å². The highest BCUT2D eigenvalue weighted by molar-refractivity contribution is 7.15. The highest BCUT2D eigenvalue weighted by atomic mass is 32.1. The van der Waals surface area contributed by atoms with Crippen LogP contribution < -0.4 is 10.6 Å². The first-order valence-electron chi connectivity index (χ1n) is 6.62. The Hall–Kier alpha value is -1.62. The molecule has 0 aliphatic carbocycles. The van der Waals surface area contributed by atoms with E-state index in [0.717, 1.165) is 29.6 Å². The van der Waals surface area contributed by atoms with E-state index in [9.17, 15) is 0 Å². The van der Waals surface area contributed by atoms with E-state index >= 15 is 0 Å². The molecule has 0 fully saturated rings. The average Bonchev–Trinajstić information content (AvgIpc) is 2.89. The van der Waals surface area contributed by atoms with Gasteiger partial charge in [-0.05, 0) is 18.6 Å². The van der Waals surface area contributed by atoms with Crippen LogP contribution in [-0.4, -0.2) is 23.3 Å². The number of aromatic nitrogens is 2. The molecule has 0 unspecified atom stereocenters. The summed E-state index contributed by atoms with van der Waals surface area (Å²) in [6, 6.07) is 10.2. The maximum absolute atomic E-state index is 4.15. The Balaban J connectivity index is 1.64. The Bertz CT molecular complexity index is 481. The van der Waals surface area contributed by atoms with Gasteiger partial charge in [0.1, 0.15) is 5.01 Å². The number of rotatable bonds is 7. The van der Waals surface area contributed by atoms with Crippen LogP contribution in [0, 0.1) is 0 Å². The van der Waals surface area contributed by atoms with E-state index in [1.807, 2.05) is 18.2 Å². The van der Waals surface area contributed by atoms with Gasteiger partial charge in [-0.1, -0.05) is 43.4 Å². The Morgan fingerprint density at radius 1 is 1.05 bits per heavy atom. The van der Waals surface area contributed by atoms with Crippen LogP contribution >= 0.6 is 11.3 Å². The lowest BCUT2D eigenvalue weighted by molar-refractivity contribution is 0.823. The molecule has 5 heteroatoms. The summed E-state index contributed by atoms with van der Waals surface area (Å²) in [6.07, 6.45) is 1.05. The molecule has 0 radical (unpaired) electrons. The second kappa shape index (κ2) is 7.09. The van der Waals surface area contributed by atoms with Crippen LogP contribution in [0.2, 0.25) is 0 Å². The van der Waals surface area contributed by atoms with Gasteiger partial charge in [0.05, 0.1) is 0 Å². The number of nitrogens with one attached hydrogen (secondary N) is 2. The van der Waals surface area contributed by atoms with Crippen molar-refractivity contribution in [1.29, 1.82) is 0 Å². The minimum Gasteiger partial charge on any atom is -0.385 e. The summed E-state index contributed by atoms with van der Waals surface area (Å²) >= 11 is 1.64. The molecule has 0 aliphatic rings. The van der Waals surface area contributed by atoms with Gasteiger partial charge in [-0.2, -0.15) is 0 Å². The molecule has 102 valence electrons. The first-order chi connectivity index (χ1) is 9.25. The van der Waals surface area contributed by atoms with Crippen molar-refractivity contribution in [1.82, 2.24) is 10.2 Å². The van der Waals surface area contributed by atoms with Gasteiger partial charge >= 0.3 is 0 Å². The molecule has 0 spiro atoms. The summed E-state index contributed by atoms with van der Waals surface area (Å²) in [7, 11) is 0. The van der Waals surface area contributed by atoms with E-state index in [4.69, 9.17) is 0 Å². The fourth-order valence-electron chi connectivity index (χ4n) is 1.61. The molecule has 0 saturated heterocycles. The molecule has 0 amide bonds. The summed E-state index contributed by atoms with van der Waals surface area (Å²) < 4.78 is 0. The molecular formula is C14H20N4S. The molecule has 2 N–H and O–H groups in total. The Morgan fingerprint density at radius 2 is 1.79 bits per heavy atom. The van der Waals surface area contributed by atoms with Gasteiger partial charge in [0.25, 0.3) is 0 Å². The predicted molar refractivity (Wildman–Crippen MR) is 82.0 cm³/mol. The molecule has 1 heterocycles. The summed E-state index contributed by atoms with van der Waals surface area (Å²) in [4.78, 5) is 0. The van der Waals surface area contributed by atoms with Gasteiger partial charge < -0.3 is 10.6 Å². The monoisotopic (exact) mass is 276 g/mol. The van der Waals surface area contributed by atoms with Crippen molar-refractivity contribution in [3.8, 4) is 0 Å². The Kier molecular flexibility index (Phi) is 5.15. The van der Waals surface area contributed by atoms with Crippen molar-refractivity contribution in [2.75, 3.05) is 23.7 Å². The third-order valence-corrected chi connectivity index (χ3v) is 3.85. The van der Waals surface area contributed by atoms with E-state index in [1.54, 1.807) is 11.3 Å². The van der Waals surface area contributed by atoms with Gasteiger partial charge in [-0.25, -0.2) is 0 Å². The summed E-state index contributed by atoms with van der Waals surface area (Å²) in [5, 5.41) is 17.0. The second-order valence-electron chi connectivity index (χ2n) is 4.67. The van der Waals surface area contributed by atoms with Gasteiger partial charge in [-0.3, -0.25) is 0 Å². The lowest BCUT2D eigenvalue weighted by atomic mass is 10.2. The minimum atomic E-state index is 0.452. The van der Waals surface area contributed by atoms with Crippen LogP contribution in [0.3, 0.4) is 0 Å². The zero-order valence-electron chi connectivity index (χ0n) is 11.4. The molecule has 0 aliphatic heterocycles. The number of anilines is 2. The normalized spacial score (nSPS) is 10.7. The molecular weight excluding hydrogens is 256 g/mol. The van der Waals surface area contributed by atoms with Gasteiger partial charge in [0.2, 0.25) is 5.13 Å². The summed E-state index contributed by atoms with van der Waals surface area (Å²) in [5.74, 6) is 0.452.